The molecular weight excluding hydrogens is 292 g/mol. The van der Waals surface area contributed by atoms with Gasteiger partial charge in [0.25, 0.3) is 0 Å². The quantitative estimate of drug-likeness (QED) is 0.897. The van der Waals surface area contributed by atoms with E-state index in [1.807, 2.05) is 51.1 Å². The lowest BCUT2D eigenvalue weighted by Gasteiger charge is -2.45. The highest BCUT2D eigenvalue weighted by atomic mass is 16.6. The van der Waals surface area contributed by atoms with Crippen LogP contribution in [0.3, 0.4) is 0 Å². The van der Waals surface area contributed by atoms with E-state index in [0.29, 0.717) is 13.0 Å². The molecule has 0 radical (unpaired) electrons. The maximum Gasteiger partial charge on any atom is 0.410 e. The minimum absolute atomic E-state index is 0.0565. The molecule has 1 aromatic rings. The maximum atomic E-state index is 12.6. The van der Waals surface area contributed by atoms with E-state index in [4.69, 9.17) is 10.5 Å². The molecule has 1 amide bonds. The third-order valence-corrected chi connectivity index (χ3v) is 4.27. The number of rotatable bonds is 3. The maximum absolute atomic E-state index is 12.6. The van der Waals surface area contributed by atoms with Gasteiger partial charge in [-0.3, -0.25) is 0 Å². The summed E-state index contributed by atoms with van der Waals surface area (Å²) in [7, 11) is 0. The zero-order valence-corrected chi connectivity index (χ0v) is 14.3. The van der Waals surface area contributed by atoms with Crippen molar-refractivity contribution < 1.29 is 14.6 Å². The Bertz CT molecular complexity index is 527. The molecule has 0 saturated carbocycles. The molecule has 0 bridgehead atoms. The molecule has 23 heavy (non-hydrogen) atoms. The van der Waals surface area contributed by atoms with Gasteiger partial charge in [-0.2, -0.15) is 0 Å². The number of ether oxygens (including phenoxy) is 1. The summed E-state index contributed by atoms with van der Waals surface area (Å²) in [6, 6.07) is 8.97. The summed E-state index contributed by atoms with van der Waals surface area (Å²) >= 11 is 0. The van der Waals surface area contributed by atoms with Gasteiger partial charge in [0, 0.05) is 13.1 Å². The summed E-state index contributed by atoms with van der Waals surface area (Å²) in [5.41, 5.74) is 4.84. The second-order valence-electron chi connectivity index (χ2n) is 7.18. The lowest BCUT2D eigenvalue weighted by molar-refractivity contribution is -0.0677. The van der Waals surface area contributed by atoms with E-state index in [1.165, 1.54) is 0 Å². The average Bonchev–Trinajstić information content (AvgIpc) is 2.53. The van der Waals surface area contributed by atoms with Crippen LogP contribution in [-0.2, 0) is 10.3 Å². The summed E-state index contributed by atoms with van der Waals surface area (Å²) in [4.78, 5) is 14.2. The van der Waals surface area contributed by atoms with Crippen molar-refractivity contribution in [1.29, 1.82) is 0 Å². The first-order chi connectivity index (χ1) is 10.8. The Morgan fingerprint density at radius 2 is 1.96 bits per heavy atom. The fourth-order valence-corrected chi connectivity index (χ4v) is 3.14. The van der Waals surface area contributed by atoms with Crippen LogP contribution in [0.1, 0.15) is 45.6 Å². The highest BCUT2D eigenvalue weighted by molar-refractivity contribution is 5.69. The van der Waals surface area contributed by atoms with Gasteiger partial charge in [0.05, 0.1) is 6.04 Å². The van der Waals surface area contributed by atoms with Crippen molar-refractivity contribution in [3.8, 4) is 0 Å². The Labute approximate surface area is 138 Å². The molecule has 5 nitrogen and oxygen atoms in total. The van der Waals surface area contributed by atoms with Crippen molar-refractivity contribution >= 4 is 6.09 Å². The van der Waals surface area contributed by atoms with Gasteiger partial charge in [0.2, 0.25) is 0 Å². The van der Waals surface area contributed by atoms with Crippen LogP contribution in [-0.4, -0.2) is 40.8 Å². The van der Waals surface area contributed by atoms with Gasteiger partial charge in [-0.15, -0.1) is 0 Å². The zero-order valence-electron chi connectivity index (χ0n) is 14.3. The molecule has 1 heterocycles. The van der Waals surface area contributed by atoms with E-state index < -0.39 is 11.2 Å². The summed E-state index contributed by atoms with van der Waals surface area (Å²) in [5.74, 6) is 0. The Balaban J connectivity index is 2.30. The molecule has 2 unspecified atom stereocenters. The van der Waals surface area contributed by atoms with Crippen LogP contribution in [0.2, 0.25) is 0 Å². The number of piperidine rings is 1. The number of hydrogen-bond acceptors (Lipinski definition) is 4. The van der Waals surface area contributed by atoms with Crippen molar-refractivity contribution in [2.24, 2.45) is 5.73 Å². The number of likely N-dealkylation sites (tertiary alicyclic amines) is 1. The molecule has 1 aromatic carbocycles. The normalized spacial score (nSPS) is 21.6. The van der Waals surface area contributed by atoms with Crippen molar-refractivity contribution in [2.45, 2.75) is 57.3 Å². The zero-order chi connectivity index (χ0) is 17.1. The minimum atomic E-state index is -1.27. The van der Waals surface area contributed by atoms with Crippen molar-refractivity contribution in [2.75, 3.05) is 13.1 Å². The Kier molecular flexibility index (Phi) is 5.32. The van der Waals surface area contributed by atoms with Crippen LogP contribution >= 0.6 is 0 Å². The van der Waals surface area contributed by atoms with E-state index in [9.17, 15) is 9.90 Å². The fraction of sp³-hybridized carbons (Fsp3) is 0.611. The summed E-state index contributed by atoms with van der Waals surface area (Å²) in [5, 5.41) is 11.3. The molecule has 2 rings (SSSR count). The van der Waals surface area contributed by atoms with E-state index in [-0.39, 0.29) is 18.7 Å². The molecule has 3 N–H and O–H groups in total. The van der Waals surface area contributed by atoms with E-state index in [0.717, 1.165) is 18.4 Å². The summed E-state index contributed by atoms with van der Waals surface area (Å²) < 4.78 is 5.52. The van der Waals surface area contributed by atoms with E-state index >= 15 is 0 Å². The van der Waals surface area contributed by atoms with Gasteiger partial charge < -0.3 is 20.5 Å². The predicted octanol–water partition coefficient (Wildman–Crippen LogP) is 2.62. The molecule has 1 aliphatic heterocycles. The molecule has 0 aromatic heterocycles. The van der Waals surface area contributed by atoms with Crippen LogP contribution < -0.4 is 5.73 Å². The van der Waals surface area contributed by atoms with Crippen molar-refractivity contribution in [3.63, 3.8) is 0 Å². The number of carbonyl (C=O) groups is 1. The molecule has 1 saturated heterocycles. The first-order valence-electron chi connectivity index (χ1n) is 8.25. The van der Waals surface area contributed by atoms with E-state index in [2.05, 4.69) is 0 Å². The Morgan fingerprint density at radius 1 is 1.30 bits per heavy atom. The van der Waals surface area contributed by atoms with Gasteiger partial charge in [-0.1, -0.05) is 30.3 Å². The molecule has 0 spiro atoms. The Morgan fingerprint density at radius 3 is 2.52 bits per heavy atom. The number of hydrogen-bond donors (Lipinski definition) is 2. The molecule has 0 aliphatic carbocycles. The number of carbonyl (C=O) groups excluding carboxylic acids is 1. The second-order valence-corrected chi connectivity index (χ2v) is 7.18. The SMILES string of the molecule is CC(C)(C)OC(=O)N1CCCCC1C(O)(CN)c1ccccc1. The van der Waals surface area contributed by atoms with Gasteiger partial charge in [-0.25, -0.2) is 4.79 Å². The van der Waals surface area contributed by atoms with Crippen LogP contribution in [0.15, 0.2) is 30.3 Å². The largest absolute Gasteiger partial charge is 0.444 e. The fourth-order valence-electron chi connectivity index (χ4n) is 3.14. The van der Waals surface area contributed by atoms with Gasteiger partial charge in [0.15, 0.2) is 0 Å². The highest BCUT2D eigenvalue weighted by Gasteiger charge is 2.44. The van der Waals surface area contributed by atoms with Crippen LogP contribution in [0.5, 0.6) is 0 Å². The highest BCUT2D eigenvalue weighted by Crippen LogP contribution is 2.34. The third-order valence-electron chi connectivity index (χ3n) is 4.27. The standard InChI is InChI=1S/C18H28N2O3/c1-17(2,3)23-16(21)20-12-8-7-11-15(20)18(22,13-19)14-9-5-4-6-10-14/h4-6,9-10,15,22H,7-8,11-13,19H2,1-3H3. The number of nitrogens with zero attached hydrogens (tertiary/aromatic N) is 1. The Hall–Kier alpha value is -1.59. The van der Waals surface area contributed by atoms with Gasteiger partial charge >= 0.3 is 6.09 Å². The summed E-state index contributed by atoms with van der Waals surface area (Å²) in [6.07, 6.45) is 2.19. The van der Waals surface area contributed by atoms with Gasteiger partial charge in [0.1, 0.15) is 11.2 Å². The lowest BCUT2D eigenvalue weighted by atomic mass is 9.81. The van der Waals surface area contributed by atoms with Crippen molar-refractivity contribution in [1.82, 2.24) is 4.90 Å². The smallest absolute Gasteiger partial charge is 0.410 e. The predicted molar refractivity (Wildman–Crippen MR) is 90.0 cm³/mol. The molecule has 5 heteroatoms. The molecular formula is C18H28N2O3. The molecule has 1 fully saturated rings. The first-order valence-corrected chi connectivity index (χ1v) is 8.25. The number of amides is 1. The number of nitrogens with two attached hydrogens (primary N) is 1. The second kappa shape index (κ2) is 6.89. The topological polar surface area (TPSA) is 75.8 Å². The number of benzene rings is 1. The molecule has 128 valence electrons. The average molecular weight is 320 g/mol. The lowest BCUT2D eigenvalue weighted by Crippen LogP contribution is -2.58. The molecule has 1 aliphatic rings. The van der Waals surface area contributed by atoms with Crippen LogP contribution in [0.4, 0.5) is 4.79 Å². The van der Waals surface area contributed by atoms with Crippen LogP contribution in [0.25, 0.3) is 0 Å². The molecule has 2 atom stereocenters. The first kappa shape index (κ1) is 17.8. The monoisotopic (exact) mass is 320 g/mol. The van der Waals surface area contributed by atoms with Crippen LogP contribution in [0, 0.1) is 0 Å². The minimum Gasteiger partial charge on any atom is -0.444 e. The number of aliphatic hydroxyl groups is 1. The summed E-state index contributed by atoms with van der Waals surface area (Å²) in [6.45, 7) is 6.16. The van der Waals surface area contributed by atoms with Gasteiger partial charge in [-0.05, 0) is 45.6 Å². The van der Waals surface area contributed by atoms with Crippen molar-refractivity contribution in [3.05, 3.63) is 35.9 Å². The third kappa shape index (κ3) is 4.03. The van der Waals surface area contributed by atoms with E-state index in [1.54, 1.807) is 4.90 Å².